The molecular formula is C18H22N2O4S. The van der Waals surface area contributed by atoms with Crippen molar-refractivity contribution in [3.63, 3.8) is 0 Å². The monoisotopic (exact) mass is 362 g/mol. The second kappa shape index (κ2) is 7.47. The molecule has 7 heteroatoms. The van der Waals surface area contributed by atoms with Gasteiger partial charge in [-0.3, -0.25) is 14.4 Å². The zero-order chi connectivity index (χ0) is 18.0. The van der Waals surface area contributed by atoms with Crippen molar-refractivity contribution in [1.29, 1.82) is 0 Å². The third-order valence-electron chi connectivity index (χ3n) is 4.41. The fourth-order valence-corrected chi connectivity index (χ4v) is 3.22. The summed E-state index contributed by atoms with van der Waals surface area (Å²) in [6, 6.07) is 7.88. The van der Waals surface area contributed by atoms with Gasteiger partial charge in [0.25, 0.3) is 5.91 Å². The first-order valence-corrected chi connectivity index (χ1v) is 9.65. The lowest BCUT2D eigenvalue weighted by molar-refractivity contribution is -0.158. The number of nitrogens with one attached hydrogen (secondary N) is 1. The second-order valence-electron chi connectivity index (χ2n) is 6.47. The predicted molar refractivity (Wildman–Crippen MR) is 95.4 cm³/mol. The molecule has 0 unspecified atom stereocenters. The Hall–Kier alpha value is -2.02. The fourth-order valence-electron chi connectivity index (χ4n) is 2.76. The Kier molecular flexibility index (Phi) is 5.32. The van der Waals surface area contributed by atoms with Crippen LogP contribution < -0.4 is 10.2 Å². The van der Waals surface area contributed by atoms with Crippen LogP contribution in [0.15, 0.2) is 29.2 Å². The first kappa shape index (κ1) is 17.8. The molecule has 1 heterocycles. The zero-order valence-corrected chi connectivity index (χ0v) is 15.2. The quantitative estimate of drug-likeness (QED) is 0.619. The van der Waals surface area contributed by atoms with E-state index in [0.717, 1.165) is 23.4 Å². The van der Waals surface area contributed by atoms with Gasteiger partial charge in [-0.05, 0) is 44.2 Å². The Morgan fingerprint density at radius 3 is 2.80 bits per heavy atom. The third-order valence-corrected chi connectivity index (χ3v) is 5.13. The molecule has 2 aliphatic rings. The van der Waals surface area contributed by atoms with Gasteiger partial charge in [-0.1, -0.05) is 6.07 Å². The Bertz CT molecular complexity index is 689. The molecule has 1 N–H and O–H groups in total. The van der Waals surface area contributed by atoms with Gasteiger partial charge < -0.3 is 15.0 Å². The lowest BCUT2D eigenvalue weighted by atomic mass is 10.1. The van der Waals surface area contributed by atoms with Crippen molar-refractivity contribution >= 4 is 35.2 Å². The SMILES string of the molecule is CSc1cccc(N2C[C@@H](C(=O)O[C@@H](C)C(=O)NC3CC3)CC2=O)c1. The van der Waals surface area contributed by atoms with Crippen molar-refractivity contribution in [2.45, 2.75) is 43.2 Å². The van der Waals surface area contributed by atoms with Crippen LogP contribution in [-0.2, 0) is 19.1 Å². The number of carbonyl (C=O) groups excluding carboxylic acids is 3. The minimum absolute atomic E-state index is 0.102. The first-order valence-electron chi connectivity index (χ1n) is 8.43. The van der Waals surface area contributed by atoms with Crippen molar-refractivity contribution < 1.29 is 19.1 Å². The van der Waals surface area contributed by atoms with Crippen LogP contribution in [0.3, 0.4) is 0 Å². The topological polar surface area (TPSA) is 75.7 Å². The van der Waals surface area contributed by atoms with Gasteiger partial charge in [0.15, 0.2) is 6.10 Å². The maximum atomic E-state index is 12.3. The molecule has 0 radical (unpaired) electrons. The van der Waals surface area contributed by atoms with Gasteiger partial charge in [-0.2, -0.15) is 0 Å². The zero-order valence-electron chi connectivity index (χ0n) is 14.4. The summed E-state index contributed by atoms with van der Waals surface area (Å²) in [7, 11) is 0. The lowest BCUT2D eigenvalue weighted by Crippen LogP contribution is -2.38. The first-order chi connectivity index (χ1) is 12.0. The second-order valence-corrected chi connectivity index (χ2v) is 7.35. The molecule has 0 bridgehead atoms. The Morgan fingerprint density at radius 2 is 2.12 bits per heavy atom. The van der Waals surface area contributed by atoms with Crippen LogP contribution in [0.1, 0.15) is 26.2 Å². The standard InChI is InChI=1S/C18H22N2O4S/c1-11(17(22)19-13-6-7-13)24-18(23)12-8-16(21)20(10-12)14-4-3-5-15(9-14)25-2/h3-5,9,11-13H,6-8,10H2,1-2H3,(H,19,22)/t11-,12-/m0/s1. The normalized spacial score (nSPS) is 21.1. The third kappa shape index (κ3) is 4.34. The number of nitrogens with zero attached hydrogens (tertiary/aromatic N) is 1. The highest BCUT2D eigenvalue weighted by atomic mass is 32.2. The summed E-state index contributed by atoms with van der Waals surface area (Å²) in [5.74, 6) is -1.41. The minimum Gasteiger partial charge on any atom is -0.452 e. The molecule has 0 spiro atoms. The van der Waals surface area contributed by atoms with Crippen molar-refractivity contribution in [2.75, 3.05) is 17.7 Å². The van der Waals surface area contributed by atoms with Crippen LogP contribution in [-0.4, -0.2) is 42.7 Å². The molecule has 3 rings (SSSR count). The smallest absolute Gasteiger partial charge is 0.312 e. The van der Waals surface area contributed by atoms with Gasteiger partial charge in [0.05, 0.1) is 5.92 Å². The van der Waals surface area contributed by atoms with Crippen LogP contribution in [0.4, 0.5) is 5.69 Å². The highest BCUT2D eigenvalue weighted by molar-refractivity contribution is 7.98. The summed E-state index contributed by atoms with van der Waals surface area (Å²) in [6.45, 7) is 1.85. The van der Waals surface area contributed by atoms with E-state index in [-0.39, 0.29) is 30.8 Å². The number of esters is 1. The Labute approximate surface area is 151 Å². The molecule has 134 valence electrons. The van der Waals surface area contributed by atoms with E-state index < -0.39 is 18.0 Å². The maximum absolute atomic E-state index is 12.3. The molecule has 0 aromatic heterocycles. The van der Waals surface area contributed by atoms with Crippen LogP contribution >= 0.6 is 11.8 Å². The van der Waals surface area contributed by atoms with Gasteiger partial charge in [-0.25, -0.2) is 0 Å². The maximum Gasteiger partial charge on any atom is 0.312 e. The molecule has 25 heavy (non-hydrogen) atoms. The van der Waals surface area contributed by atoms with E-state index >= 15 is 0 Å². The van der Waals surface area contributed by atoms with Crippen LogP contribution in [0, 0.1) is 5.92 Å². The Balaban J connectivity index is 1.59. The average Bonchev–Trinajstić information content (AvgIpc) is 3.33. The highest BCUT2D eigenvalue weighted by Gasteiger charge is 2.37. The molecule has 1 saturated carbocycles. The van der Waals surface area contributed by atoms with E-state index in [1.165, 1.54) is 0 Å². The van der Waals surface area contributed by atoms with Crippen LogP contribution in [0.2, 0.25) is 0 Å². The number of hydrogen-bond donors (Lipinski definition) is 1. The molecule has 6 nitrogen and oxygen atoms in total. The number of anilines is 1. The minimum atomic E-state index is -0.836. The summed E-state index contributed by atoms with van der Waals surface area (Å²) >= 11 is 1.60. The molecule has 1 aliphatic carbocycles. The average molecular weight is 362 g/mol. The van der Waals surface area contributed by atoms with Gasteiger partial charge in [0.1, 0.15) is 0 Å². The molecular weight excluding hydrogens is 340 g/mol. The van der Waals surface area contributed by atoms with Gasteiger partial charge >= 0.3 is 5.97 Å². The number of carbonyl (C=O) groups is 3. The van der Waals surface area contributed by atoms with Gasteiger partial charge in [-0.15, -0.1) is 11.8 Å². The predicted octanol–water partition coefficient (Wildman–Crippen LogP) is 1.97. The summed E-state index contributed by atoms with van der Waals surface area (Å²) in [6.07, 6.45) is 3.21. The Morgan fingerprint density at radius 1 is 1.36 bits per heavy atom. The number of ether oxygens (including phenoxy) is 1. The van der Waals surface area contributed by atoms with E-state index in [1.54, 1.807) is 23.6 Å². The molecule has 1 aromatic rings. The molecule has 1 aliphatic heterocycles. The van der Waals surface area contributed by atoms with Gasteiger partial charge in [0, 0.05) is 29.6 Å². The molecule has 2 fully saturated rings. The summed E-state index contributed by atoms with van der Waals surface area (Å²) in [5, 5.41) is 2.81. The molecule has 2 amide bonds. The number of hydrogen-bond acceptors (Lipinski definition) is 5. The summed E-state index contributed by atoms with van der Waals surface area (Å²) in [5.41, 5.74) is 0.784. The van der Waals surface area contributed by atoms with E-state index in [1.807, 2.05) is 30.5 Å². The van der Waals surface area contributed by atoms with Crippen molar-refractivity contribution in [3.05, 3.63) is 24.3 Å². The van der Waals surface area contributed by atoms with Crippen molar-refractivity contribution in [1.82, 2.24) is 5.32 Å². The van der Waals surface area contributed by atoms with E-state index in [0.29, 0.717) is 0 Å². The van der Waals surface area contributed by atoms with Crippen molar-refractivity contribution in [2.24, 2.45) is 5.92 Å². The summed E-state index contributed by atoms with van der Waals surface area (Å²) < 4.78 is 5.27. The molecule has 1 aromatic carbocycles. The van der Waals surface area contributed by atoms with E-state index in [4.69, 9.17) is 4.74 Å². The van der Waals surface area contributed by atoms with Gasteiger partial charge in [0.2, 0.25) is 5.91 Å². The number of thioether (sulfide) groups is 1. The summed E-state index contributed by atoms with van der Waals surface area (Å²) in [4.78, 5) is 39.2. The largest absolute Gasteiger partial charge is 0.452 e. The number of rotatable bonds is 6. The molecule has 2 atom stereocenters. The van der Waals surface area contributed by atoms with E-state index in [2.05, 4.69) is 5.32 Å². The van der Waals surface area contributed by atoms with E-state index in [9.17, 15) is 14.4 Å². The number of amides is 2. The highest BCUT2D eigenvalue weighted by Crippen LogP contribution is 2.29. The van der Waals surface area contributed by atoms with Crippen LogP contribution in [0.5, 0.6) is 0 Å². The van der Waals surface area contributed by atoms with Crippen LogP contribution in [0.25, 0.3) is 0 Å². The fraction of sp³-hybridized carbons (Fsp3) is 0.500. The lowest BCUT2D eigenvalue weighted by Gasteiger charge is -2.18. The number of benzene rings is 1. The van der Waals surface area contributed by atoms with Crippen molar-refractivity contribution in [3.8, 4) is 0 Å². The molecule has 1 saturated heterocycles.